The number of nitrogens with zero attached hydrogens (tertiary/aromatic N) is 5. The van der Waals surface area contributed by atoms with E-state index in [2.05, 4.69) is 15.0 Å². The van der Waals surface area contributed by atoms with Crippen molar-refractivity contribution < 1.29 is 15.1 Å². The van der Waals surface area contributed by atoms with Crippen LogP contribution in [0.25, 0.3) is 32.2 Å². The van der Waals surface area contributed by atoms with Gasteiger partial charge in [-0.1, -0.05) is 76.0 Å². The molecule has 276 valence electrons. The van der Waals surface area contributed by atoms with Gasteiger partial charge in [0.1, 0.15) is 11.4 Å². The number of rotatable bonds is 6. The number of anilines is 1. The predicted molar refractivity (Wildman–Crippen MR) is 213 cm³/mol. The Labute approximate surface area is 302 Å². The van der Waals surface area contributed by atoms with Gasteiger partial charge in [-0.2, -0.15) is 0 Å². The maximum Gasteiger partial charge on any atom is 0.275 e. The van der Waals surface area contributed by atoms with E-state index in [1.54, 1.807) is 55.8 Å². The smallest absolute Gasteiger partial charge is 0.275 e. The fourth-order valence-corrected chi connectivity index (χ4v) is 4.58. The average Bonchev–Trinajstić information content (AvgIpc) is 3.68. The zero-order valence-corrected chi connectivity index (χ0v) is 32.2. The van der Waals surface area contributed by atoms with Gasteiger partial charge < -0.3 is 25.2 Å². The van der Waals surface area contributed by atoms with Gasteiger partial charge in [-0.05, 0) is 82.3 Å². The number of aromatic nitrogens is 2. The van der Waals surface area contributed by atoms with Crippen LogP contribution < -0.4 is 5.32 Å². The molecular formula is C40H62N6O4. The molecule has 2 aromatic carbocycles. The summed E-state index contributed by atoms with van der Waals surface area (Å²) < 4.78 is 3.57. The Bertz CT molecular complexity index is 1670. The second kappa shape index (κ2) is 23.5. The lowest BCUT2D eigenvalue weighted by Crippen LogP contribution is -2.17. The zero-order chi connectivity index (χ0) is 38.7. The predicted octanol–water partition coefficient (Wildman–Crippen LogP) is 11.6. The zero-order valence-electron chi connectivity index (χ0n) is 32.2. The van der Waals surface area contributed by atoms with Crippen LogP contribution in [-0.2, 0) is 25.3 Å². The van der Waals surface area contributed by atoms with Crippen LogP contribution in [0, 0.1) is 23.3 Å². The topological polar surface area (TPSA) is 114 Å². The Morgan fingerprint density at radius 1 is 0.680 bits per heavy atom. The van der Waals surface area contributed by atoms with E-state index in [9.17, 15) is 20.3 Å². The molecule has 0 atom stereocenters. The van der Waals surface area contributed by atoms with Gasteiger partial charge in [-0.15, -0.1) is 0 Å². The number of hydrogen-bond donors (Lipinski definition) is 3. The molecular weight excluding hydrogens is 628 g/mol. The van der Waals surface area contributed by atoms with Crippen molar-refractivity contribution in [3.05, 3.63) is 105 Å². The molecule has 0 amide bonds. The Kier molecular flexibility index (Phi) is 23.2. The standard InChI is InChI=1S/C16H19N3O.C15H15N3O3.4C2H6.CH4/c1-16(2,20)12-10-11(6-7-13(12)17-3)14-8-9-15(18-4)19(14)5;1-15(2,19)11-9-10(5-6-13(11)18(20)21)12-7-8-14(16-3)17(12)4;4*1-2;/h6-10,17,20H,1-3,5H3;5-9,19H,1-2,4H3;4*1-2H3;1H4. The second-order valence-electron chi connectivity index (χ2n) is 10.6. The summed E-state index contributed by atoms with van der Waals surface area (Å²) in [4.78, 5) is 17.4. The van der Waals surface area contributed by atoms with Crippen molar-refractivity contribution >= 4 is 23.0 Å². The van der Waals surface area contributed by atoms with Gasteiger partial charge in [0.2, 0.25) is 11.6 Å². The highest BCUT2D eigenvalue weighted by Gasteiger charge is 2.28. The first-order valence-corrected chi connectivity index (χ1v) is 16.8. The molecule has 0 radical (unpaired) electrons. The minimum absolute atomic E-state index is 0. The Morgan fingerprint density at radius 3 is 1.34 bits per heavy atom. The normalized spacial score (nSPS) is 9.66. The summed E-state index contributed by atoms with van der Waals surface area (Å²) in [5.41, 5.74) is 3.04. The minimum Gasteiger partial charge on any atom is -0.388 e. The molecule has 2 aromatic heterocycles. The molecule has 50 heavy (non-hydrogen) atoms. The van der Waals surface area contributed by atoms with Gasteiger partial charge >= 0.3 is 0 Å². The van der Waals surface area contributed by atoms with Gasteiger partial charge in [0.05, 0.1) is 35.8 Å². The lowest BCUT2D eigenvalue weighted by atomic mass is 9.93. The molecule has 0 saturated carbocycles. The Morgan fingerprint density at radius 2 is 1.04 bits per heavy atom. The molecule has 4 rings (SSSR count). The van der Waals surface area contributed by atoms with E-state index in [0.717, 1.165) is 33.8 Å². The van der Waals surface area contributed by atoms with Crippen LogP contribution in [0.2, 0.25) is 0 Å². The molecule has 0 unspecified atom stereocenters. The summed E-state index contributed by atoms with van der Waals surface area (Å²) in [6, 6.07) is 17.7. The number of aliphatic hydroxyl groups is 2. The highest BCUT2D eigenvalue weighted by molar-refractivity contribution is 5.70. The summed E-state index contributed by atoms with van der Waals surface area (Å²) in [5.74, 6) is 1.08. The van der Waals surface area contributed by atoms with Crippen molar-refractivity contribution in [2.24, 2.45) is 14.1 Å². The van der Waals surface area contributed by atoms with Crippen molar-refractivity contribution in [3.8, 4) is 22.5 Å². The average molecular weight is 691 g/mol. The fraction of sp³-hybridized carbons (Fsp3) is 0.450. The molecule has 10 nitrogen and oxygen atoms in total. The summed E-state index contributed by atoms with van der Waals surface area (Å²) >= 11 is 0. The molecule has 10 heteroatoms. The highest BCUT2D eigenvalue weighted by atomic mass is 16.6. The first kappa shape index (κ1) is 49.5. The van der Waals surface area contributed by atoms with E-state index in [0.29, 0.717) is 11.6 Å². The van der Waals surface area contributed by atoms with Crippen LogP contribution in [0.3, 0.4) is 0 Å². The maximum absolute atomic E-state index is 11.1. The largest absolute Gasteiger partial charge is 0.388 e. The summed E-state index contributed by atoms with van der Waals surface area (Å²) in [6.07, 6.45) is 0. The van der Waals surface area contributed by atoms with Gasteiger partial charge in [-0.3, -0.25) is 19.2 Å². The van der Waals surface area contributed by atoms with Crippen molar-refractivity contribution in [1.82, 2.24) is 9.13 Å². The van der Waals surface area contributed by atoms with Crippen LogP contribution in [-0.4, -0.2) is 31.3 Å². The third kappa shape index (κ3) is 12.9. The van der Waals surface area contributed by atoms with E-state index in [4.69, 9.17) is 13.1 Å². The van der Waals surface area contributed by atoms with E-state index in [1.165, 1.54) is 19.9 Å². The molecule has 2 heterocycles. The summed E-state index contributed by atoms with van der Waals surface area (Å²) in [7, 11) is 5.47. The minimum atomic E-state index is -1.33. The van der Waals surface area contributed by atoms with Gasteiger partial charge in [0, 0.05) is 35.5 Å². The Balaban J connectivity index is -0.000000725. The quantitative estimate of drug-likeness (QED) is 0.106. The van der Waals surface area contributed by atoms with Crippen molar-refractivity contribution in [2.45, 2.75) is 102 Å². The molecule has 0 aliphatic heterocycles. The van der Waals surface area contributed by atoms with Gasteiger partial charge in [0.25, 0.3) is 5.69 Å². The third-order valence-corrected chi connectivity index (χ3v) is 6.81. The lowest BCUT2D eigenvalue weighted by molar-refractivity contribution is -0.386. The van der Waals surface area contributed by atoms with Gasteiger partial charge in [-0.25, -0.2) is 0 Å². The first-order chi connectivity index (χ1) is 23.1. The number of nitro groups is 1. The number of nitro benzene ring substituents is 1. The van der Waals surface area contributed by atoms with Crippen molar-refractivity contribution in [1.29, 1.82) is 0 Å². The molecule has 0 aliphatic rings. The van der Waals surface area contributed by atoms with Crippen molar-refractivity contribution in [2.75, 3.05) is 12.4 Å². The number of hydrogen-bond acceptors (Lipinski definition) is 5. The lowest BCUT2D eigenvalue weighted by Gasteiger charge is -2.22. The van der Waals surface area contributed by atoms with Crippen LogP contribution in [0.15, 0.2) is 60.7 Å². The molecule has 0 bridgehead atoms. The SMILES string of the molecule is C.CC.CC.CC.CC.[C-]#[N+]c1ccc(-c2ccc(NC)c(C(C)(C)O)c2)n1C.[C-]#[N+]c1ccc(-c2ccc([N+](=O)[O-])c(C(C)(C)O)c2)n1C. The van der Waals surface area contributed by atoms with Crippen molar-refractivity contribution in [3.63, 3.8) is 0 Å². The maximum atomic E-state index is 11.1. The van der Waals surface area contributed by atoms with E-state index < -0.39 is 16.1 Å². The molecule has 3 N–H and O–H groups in total. The highest BCUT2D eigenvalue weighted by Crippen LogP contribution is 2.36. The van der Waals surface area contributed by atoms with E-state index >= 15 is 0 Å². The second-order valence-corrected chi connectivity index (χ2v) is 10.6. The Hall–Kier alpha value is -4.90. The molecule has 0 spiro atoms. The fourth-order valence-electron chi connectivity index (χ4n) is 4.58. The first-order valence-electron chi connectivity index (χ1n) is 16.8. The summed E-state index contributed by atoms with van der Waals surface area (Å²) in [5, 5.41) is 34.6. The number of nitrogens with one attached hydrogen (secondary N) is 1. The monoisotopic (exact) mass is 690 g/mol. The molecule has 0 saturated heterocycles. The van der Waals surface area contributed by atoms with Crippen LogP contribution in [0.1, 0.15) is 102 Å². The molecule has 0 fully saturated rings. The third-order valence-electron chi connectivity index (χ3n) is 6.81. The van der Waals surface area contributed by atoms with Crippen LogP contribution in [0.4, 0.5) is 23.0 Å². The van der Waals surface area contributed by atoms with Gasteiger partial charge in [0.15, 0.2) is 0 Å². The summed E-state index contributed by atoms with van der Waals surface area (Å²) in [6.45, 7) is 36.7. The van der Waals surface area contributed by atoms with Crippen LogP contribution in [0.5, 0.6) is 0 Å². The number of benzene rings is 2. The molecule has 4 aromatic rings. The van der Waals surface area contributed by atoms with E-state index in [1.807, 2.05) is 98.3 Å². The molecule has 0 aliphatic carbocycles. The van der Waals surface area contributed by atoms with Crippen LogP contribution >= 0.6 is 0 Å². The van der Waals surface area contributed by atoms with E-state index in [-0.39, 0.29) is 18.7 Å².